The molecule has 0 aliphatic rings. The van der Waals surface area contributed by atoms with Crippen molar-refractivity contribution in [2.24, 2.45) is 5.73 Å². The van der Waals surface area contributed by atoms with Crippen LogP contribution in [0.5, 0.6) is 0 Å². The molecular formula is C22H30BrClN3O+. The highest BCUT2D eigenvalue weighted by molar-refractivity contribution is 9.10. The van der Waals surface area contributed by atoms with Gasteiger partial charge in [0.1, 0.15) is 0 Å². The molecule has 0 saturated heterocycles. The number of nitrogens with two attached hydrogens (primary N) is 1. The van der Waals surface area contributed by atoms with E-state index in [0.717, 1.165) is 58.7 Å². The fourth-order valence-electron chi connectivity index (χ4n) is 3.54. The van der Waals surface area contributed by atoms with Gasteiger partial charge >= 0.3 is 6.03 Å². The van der Waals surface area contributed by atoms with Crippen LogP contribution in [0.25, 0.3) is 0 Å². The molecule has 2 N–H and O–H groups in total. The molecule has 0 saturated carbocycles. The zero-order valence-corrected chi connectivity index (χ0v) is 19.0. The first-order valence-corrected chi connectivity index (χ1v) is 11.0. The highest BCUT2D eigenvalue weighted by Gasteiger charge is 2.23. The molecule has 0 aliphatic carbocycles. The Morgan fingerprint density at radius 2 is 1.64 bits per heavy atom. The maximum absolute atomic E-state index is 11.9. The third-order valence-corrected chi connectivity index (χ3v) is 6.33. The monoisotopic (exact) mass is 466 g/mol. The number of primary amides is 1. The van der Waals surface area contributed by atoms with Crippen molar-refractivity contribution in [1.29, 1.82) is 0 Å². The van der Waals surface area contributed by atoms with Crippen molar-refractivity contribution >= 4 is 39.2 Å². The minimum atomic E-state index is -0.408. The van der Waals surface area contributed by atoms with E-state index in [2.05, 4.69) is 41.9 Å². The van der Waals surface area contributed by atoms with Crippen molar-refractivity contribution < 1.29 is 9.28 Å². The van der Waals surface area contributed by atoms with Crippen molar-refractivity contribution in [3.05, 3.63) is 63.6 Å². The summed E-state index contributed by atoms with van der Waals surface area (Å²) in [6.45, 7) is 9.33. The lowest BCUT2D eigenvalue weighted by atomic mass is 10.1. The molecule has 0 aliphatic heterocycles. The Bertz CT molecular complexity index is 745. The smallest absolute Gasteiger partial charge is 0.319 e. The Morgan fingerprint density at radius 1 is 1.04 bits per heavy atom. The number of carbonyl (C=O) groups is 1. The molecule has 28 heavy (non-hydrogen) atoms. The molecule has 0 atom stereocenters. The summed E-state index contributed by atoms with van der Waals surface area (Å²) >= 11 is 9.42. The Kier molecular flexibility index (Phi) is 8.80. The van der Waals surface area contributed by atoms with Gasteiger partial charge in [-0.05, 0) is 55.8 Å². The van der Waals surface area contributed by atoms with E-state index < -0.39 is 6.03 Å². The Labute approximate surface area is 182 Å². The third kappa shape index (κ3) is 6.50. The number of amides is 2. The average Bonchev–Trinajstić information content (AvgIpc) is 2.70. The Hall–Kier alpha value is -1.56. The summed E-state index contributed by atoms with van der Waals surface area (Å²) in [4.78, 5) is 13.6. The number of urea groups is 1. The summed E-state index contributed by atoms with van der Waals surface area (Å²) in [6, 6.07) is 15.4. The van der Waals surface area contributed by atoms with Crippen LogP contribution in [-0.2, 0) is 6.42 Å². The maximum Gasteiger partial charge on any atom is 0.319 e. The van der Waals surface area contributed by atoms with Crippen molar-refractivity contribution in [1.82, 2.24) is 0 Å². The van der Waals surface area contributed by atoms with Gasteiger partial charge in [-0.3, -0.25) is 4.90 Å². The van der Waals surface area contributed by atoms with Crippen LogP contribution in [0.15, 0.2) is 53.0 Å². The SMILES string of the molecule is CC[N+](CC)(CCCN(C(N)=O)c1ccc(Br)cc1)CCc1ccc(Cl)cc1. The number of nitrogens with zero attached hydrogens (tertiary/aromatic N) is 2. The van der Waals surface area contributed by atoms with Gasteiger partial charge in [-0.1, -0.05) is 39.7 Å². The molecule has 2 aromatic carbocycles. The van der Waals surface area contributed by atoms with Crippen LogP contribution in [0, 0.1) is 0 Å². The fraction of sp³-hybridized carbons (Fsp3) is 0.409. The first-order valence-electron chi connectivity index (χ1n) is 9.81. The zero-order chi connectivity index (χ0) is 20.6. The predicted molar refractivity (Wildman–Crippen MR) is 122 cm³/mol. The topological polar surface area (TPSA) is 46.3 Å². The van der Waals surface area contributed by atoms with Crippen molar-refractivity contribution in [2.45, 2.75) is 26.7 Å². The van der Waals surface area contributed by atoms with E-state index in [1.165, 1.54) is 5.56 Å². The van der Waals surface area contributed by atoms with Crippen LogP contribution in [0.1, 0.15) is 25.8 Å². The summed E-state index contributed by atoms with van der Waals surface area (Å²) in [5.74, 6) is 0. The largest absolute Gasteiger partial charge is 0.351 e. The number of anilines is 1. The highest BCUT2D eigenvalue weighted by atomic mass is 79.9. The van der Waals surface area contributed by atoms with Crippen molar-refractivity contribution in [2.75, 3.05) is 37.6 Å². The van der Waals surface area contributed by atoms with Crippen LogP contribution >= 0.6 is 27.5 Å². The molecule has 0 unspecified atom stereocenters. The molecule has 152 valence electrons. The number of rotatable bonds is 10. The summed E-state index contributed by atoms with van der Waals surface area (Å²) in [5.41, 5.74) is 7.77. The van der Waals surface area contributed by atoms with Gasteiger partial charge in [0.25, 0.3) is 0 Å². The molecular weight excluding hydrogens is 438 g/mol. The Balaban J connectivity index is 1.97. The lowest BCUT2D eigenvalue weighted by Crippen LogP contribution is -2.50. The van der Waals surface area contributed by atoms with E-state index in [1.54, 1.807) is 4.90 Å². The number of halogens is 2. The molecule has 2 rings (SSSR count). The van der Waals surface area contributed by atoms with Gasteiger partial charge in [-0.2, -0.15) is 0 Å². The number of likely N-dealkylation sites (N-methyl/N-ethyl adjacent to an activating group) is 1. The van der Waals surface area contributed by atoms with Crippen LogP contribution < -0.4 is 10.6 Å². The second-order valence-corrected chi connectivity index (χ2v) is 8.47. The first-order chi connectivity index (χ1) is 13.4. The molecule has 0 radical (unpaired) electrons. The van der Waals surface area contributed by atoms with Gasteiger partial charge in [-0.15, -0.1) is 0 Å². The van der Waals surface area contributed by atoms with Crippen molar-refractivity contribution in [3.8, 4) is 0 Å². The van der Waals surface area contributed by atoms with Gasteiger partial charge in [0.15, 0.2) is 0 Å². The standard InChI is InChI=1S/C22H29BrClN3O/c1-3-27(4-2,17-14-18-6-10-20(24)11-7-18)16-5-15-26(22(25)28)21-12-8-19(23)9-13-21/h6-13H,3-5,14-17H2,1-2H3,(H-,25,28)/p+1. The molecule has 4 nitrogen and oxygen atoms in total. The molecule has 6 heteroatoms. The van der Waals surface area contributed by atoms with Crippen molar-refractivity contribution in [3.63, 3.8) is 0 Å². The Morgan fingerprint density at radius 3 is 2.18 bits per heavy atom. The summed E-state index contributed by atoms with van der Waals surface area (Å²) in [6.07, 6.45) is 1.92. The van der Waals surface area contributed by atoms with E-state index in [1.807, 2.05) is 36.4 Å². The van der Waals surface area contributed by atoms with E-state index in [0.29, 0.717) is 6.54 Å². The van der Waals surface area contributed by atoms with Gasteiger partial charge in [0.2, 0.25) is 0 Å². The first kappa shape index (κ1) is 22.7. The van der Waals surface area contributed by atoms with Crippen LogP contribution in [0.4, 0.5) is 10.5 Å². The molecule has 0 aromatic heterocycles. The molecule has 2 aromatic rings. The second-order valence-electron chi connectivity index (χ2n) is 7.12. The van der Waals surface area contributed by atoms with Crippen LogP contribution in [0.2, 0.25) is 5.02 Å². The molecule has 0 bridgehead atoms. The van der Waals surface area contributed by atoms with Crippen LogP contribution in [-0.4, -0.2) is 43.2 Å². The fourth-order valence-corrected chi connectivity index (χ4v) is 3.93. The van der Waals surface area contributed by atoms with Crippen LogP contribution in [0.3, 0.4) is 0 Å². The number of hydrogen-bond donors (Lipinski definition) is 1. The lowest BCUT2D eigenvalue weighted by molar-refractivity contribution is -0.924. The number of carbonyl (C=O) groups excluding carboxylic acids is 1. The van der Waals surface area contributed by atoms with Gasteiger partial charge in [0.05, 0.1) is 26.2 Å². The quantitative estimate of drug-likeness (QED) is 0.462. The minimum absolute atomic E-state index is 0.408. The molecule has 0 fully saturated rings. The minimum Gasteiger partial charge on any atom is -0.351 e. The van der Waals surface area contributed by atoms with Gasteiger partial charge in [-0.25, -0.2) is 4.79 Å². The van der Waals surface area contributed by atoms with Gasteiger partial charge in [0, 0.05) is 34.6 Å². The second kappa shape index (κ2) is 10.8. The average molecular weight is 468 g/mol. The number of benzene rings is 2. The summed E-state index contributed by atoms with van der Waals surface area (Å²) in [7, 11) is 0. The molecule has 2 amide bonds. The summed E-state index contributed by atoms with van der Waals surface area (Å²) < 4.78 is 2.01. The molecule has 0 heterocycles. The maximum atomic E-state index is 11.9. The normalized spacial score (nSPS) is 11.4. The van der Waals surface area contributed by atoms with E-state index >= 15 is 0 Å². The highest BCUT2D eigenvalue weighted by Crippen LogP contribution is 2.20. The summed E-state index contributed by atoms with van der Waals surface area (Å²) in [5, 5.41) is 0.773. The van der Waals surface area contributed by atoms with E-state index in [9.17, 15) is 4.79 Å². The van der Waals surface area contributed by atoms with E-state index in [4.69, 9.17) is 17.3 Å². The molecule has 0 spiro atoms. The lowest BCUT2D eigenvalue weighted by Gasteiger charge is -2.37. The third-order valence-electron chi connectivity index (χ3n) is 5.55. The predicted octanol–water partition coefficient (Wildman–Crippen LogP) is 5.48. The number of hydrogen-bond acceptors (Lipinski definition) is 1. The number of quaternary nitrogens is 1. The van der Waals surface area contributed by atoms with E-state index in [-0.39, 0.29) is 0 Å². The van der Waals surface area contributed by atoms with Gasteiger partial charge < -0.3 is 10.2 Å². The zero-order valence-electron chi connectivity index (χ0n) is 16.7.